The number of Topliss-reactive ketones (excluding diaryl/α,β-unsaturated/α-hetero) is 1. The summed E-state index contributed by atoms with van der Waals surface area (Å²) in [5, 5.41) is 2.94. The summed E-state index contributed by atoms with van der Waals surface area (Å²) >= 11 is 1.10. The molecule has 0 radical (unpaired) electrons. The number of carbonyl (C=O) groups excluding carboxylic acids is 3. The maximum Gasteiger partial charge on any atom is 0.270 e. The Kier molecular flexibility index (Phi) is 5.32. The number of nitrogens with one attached hydrogen (secondary N) is 1. The van der Waals surface area contributed by atoms with Gasteiger partial charge in [-0.2, -0.15) is 0 Å². The van der Waals surface area contributed by atoms with Gasteiger partial charge in [0, 0.05) is 6.92 Å². The topological polar surface area (TPSA) is 128 Å². The lowest BCUT2D eigenvalue weighted by Gasteiger charge is -2.34. The summed E-state index contributed by atoms with van der Waals surface area (Å²) in [5.41, 5.74) is 6.29. The molecule has 0 bridgehead atoms. The van der Waals surface area contributed by atoms with Crippen LogP contribution in [0, 0.1) is 12.8 Å². The van der Waals surface area contributed by atoms with Crippen LogP contribution < -0.4 is 20.7 Å². The number of rotatable bonds is 5. The standard InChI is InChI=1S/C18H21N5O4S/c1-8(2)14-17(26)23(16-11(27-14)5-6-12(19)21-16)7-13(25)22-18-20-9(3)15(28-18)10(4)24/h5-6,8,14H,7H2,1-4H3,(H2,19,21)(H,20,22,25). The van der Waals surface area contributed by atoms with Crippen molar-refractivity contribution in [3.05, 3.63) is 22.7 Å². The van der Waals surface area contributed by atoms with E-state index in [1.54, 1.807) is 19.1 Å². The molecule has 1 unspecified atom stereocenters. The highest BCUT2D eigenvalue weighted by Gasteiger charge is 2.38. The number of anilines is 3. The number of nitrogen functional groups attached to an aromatic ring is 1. The Hall–Kier alpha value is -3.01. The number of carbonyl (C=O) groups is 3. The van der Waals surface area contributed by atoms with E-state index in [1.165, 1.54) is 11.8 Å². The molecule has 148 valence electrons. The van der Waals surface area contributed by atoms with Gasteiger partial charge in [-0.3, -0.25) is 19.3 Å². The molecule has 1 aliphatic heterocycles. The second-order valence-corrected chi connectivity index (χ2v) is 7.80. The summed E-state index contributed by atoms with van der Waals surface area (Å²) in [6.07, 6.45) is -0.725. The van der Waals surface area contributed by atoms with Crippen LogP contribution in [0.1, 0.15) is 36.1 Å². The van der Waals surface area contributed by atoms with Crippen molar-refractivity contribution < 1.29 is 19.1 Å². The molecule has 2 aromatic heterocycles. The van der Waals surface area contributed by atoms with E-state index in [0.29, 0.717) is 21.5 Å². The molecule has 3 rings (SSSR count). The number of thiazole rings is 1. The average molecular weight is 403 g/mol. The largest absolute Gasteiger partial charge is 0.476 e. The van der Waals surface area contributed by atoms with E-state index in [0.717, 1.165) is 11.3 Å². The maximum absolute atomic E-state index is 12.9. The Morgan fingerprint density at radius 2 is 2.07 bits per heavy atom. The minimum absolute atomic E-state index is 0.0940. The number of nitrogens with zero attached hydrogens (tertiary/aromatic N) is 3. The number of pyridine rings is 1. The molecule has 2 aromatic rings. The van der Waals surface area contributed by atoms with E-state index >= 15 is 0 Å². The summed E-state index contributed by atoms with van der Waals surface area (Å²) in [5.74, 6) is -0.228. The Balaban J connectivity index is 1.84. The van der Waals surface area contributed by atoms with Crippen molar-refractivity contribution in [3.63, 3.8) is 0 Å². The molecule has 1 aliphatic rings. The van der Waals surface area contributed by atoms with Gasteiger partial charge in [-0.1, -0.05) is 25.2 Å². The van der Waals surface area contributed by atoms with E-state index in [2.05, 4.69) is 15.3 Å². The van der Waals surface area contributed by atoms with E-state index in [-0.39, 0.29) is 35.8 Å². The maximum atomic E-state index is 12.9. The van der Waals surface area contributed by atoms with Gasteiger partial charge in [-0.25, -0.2) is 9.97 Å². The van der Waals surface area contributed by atoms with Gasteiger partial charge in [0.25, 0.3) is 5.91 Å². The Bertz CT molecular complexity index is 955. The van der Waals surface area contributed by atoms with E-state index < -0.39 is 12.0 Å². The number of aryl methyl sites for hydroxylation is 1. The fourth-order valence-corrected chi connectivity index (χ4v) is 3.71. The lowest BCUT2D eigenvalue weighted by Crippen LogP contribution is -2.51. The Morgan fingerprint density at radius 3 is 2.68 bits per heavy atom. The van der Waals surface area contributed by atoms with Crippen molar-refractivity contribution >= 4 is 45.7 Å². The predicted molar refractivity (Wildman–Crippen MR) is 106 cm³/mol. The van der Waals surface area contributed by atoms with Crippen LogP contribution in [-0.2, 0) is 9.59 Å². The average Bonchev–Trinajstić information content (AvgIpc) is 2.97. The molecule has 3 N–H and O–H groups in total. The molecule has 3 heterocycles. The monoisotopic (exact) mass is 403 g/mol. The van der Waals surface area contributed by atoms with E-state index in [4.69, 9.17) is 10.5 Å². The zero-order valence-corrected chi connectivity index (χ0v) is 16.8. The summed E-state index contributed by atoms with van der Waals surface area (Å²) < 4.78 is 5.75. The van der Waals surface area contributed by atoms with Gasteiger partial charge in [0.1, 0.15) is 12.4 Å². The molecule has 0 aromatic carbocycles. The van der Waals surface area contributed by atoms with Crippen molar-refractivity contribution in [3.8, 4) is 5.75 Å². The lowest BCUT2D eigenvalue weighted by atomic mass is 10.0. The predicted octanol–water partition coefficient (Wildman–Crippen LogP) is 2.02. The van der Waals surface area contributed by atoms with Crippen LogP contribution in [0.5, 0.6) is 5.75 Å². The molecule has 0 spiro atoms. The highest BCUT2D eigenvalue weighted by Crippen LogP contribution is 2.34. The normalized spacial score (nSPS) is 16.0. The summed E-state index contributed by atoms with van der Waals surface area (Å²) in [6.45, 7) is 6.58. The number of nitrogens with two attached hydrogens (primary N) is 1. The minimum atomic E-state index is -0.725. The third-order valence-corrected chi connectivity index (χ3v) is 5.32. The molecule has 0 saturated carbocycles. The molecule has 2 amide bonds. The number of fused-ring (bicyclic) bond motifs is 1. The number of ether oxygens (including phenoxy) is 1. The van der Waals surface area contributed by atoms with Gasteiger partial charge >= 0.3 is 0 Å². The van der Waals surface area contributed by atoms with Crippen LogP contribution >= 0.6 is 11.3 Å². The third kappa shape index (κ3) is 3.81. The molecular weight excluding hydrogens is 382 g/mol. The highest BCUT2D eigenvalue weighted by atomic mass is 32.1. The molecule has 28 heavy (non-hydrogen) atoms. The van der Waals surface area contributed by atoms with Crippen LogP contribution in [0.3, 0.4) is 0 Å². The fourth-order valence-electron chi connectivity index (χ4n) is 2.83. The number of amides is 2. The molecule has 0 saturated heterocycles. The number of ketones is 1. The first-order valence-corrected chi connectivity index (χ1v) is 9.51. The number of aromatic nitrogens is 2. The van der Waals surface area contributed by atoms with E-state index in [9.17, 15) is 14.4 Å². The highest BCUT2D eigenvalue weighted by molar-refractivity contribution is 7.17. The van der Waals surface area contributed by atoms with Crippen molar-refractivity contribution in [1.29, 1.82) is 0 Å². The van der Waals surface area contributed by atoms with Gasteiger partial charge in [0.15, 0.2) is 28.6 Å². The molecule has 10 heteroatoms. The van der Waals surface area contributed by atoms with Gasteiger partial charge in [0.05, 0.1) is 10.6 Å². The summed E-state index contributed by atoms with van der Waals surface area (Å²) in [4.78, 5) is 47.1. The van der Waals surface area contributed by atoms with Crippen molar-refractivity contribution in [2.75, 3.05) is 22.5 Å². The number of hydrogen-bond donors (Lipinski definition) is 2. The second kappa shape index (κ2) is 7.55. The smallest absolute Gasteiger partial charge is 0.270 e. The first-order valence-electron chi connectivity index (χ1n) is 8.70. The molecule has 1 atom stereocenters. The van der Waals surface area contributed by atoms with Gasteiger partial charge < -0.3 is 15.8 Å². The summed E-state index contributed by atoms with van der Waals surface area (Å²) in [7, 11) is 0. The quantitative estimate of drug-likeness (QED) is 0.731. The molecule has 0 fully saturated rings. The zero-order chi connectivity index (χ0) is 20.6. The Labute approximate surface area is 165 Å². The third-order valence-electron chi connectivity index (χ3n) is 4.15. The van der Waals surface area contributed by atoms with Crippen LogP contribution in [-0.4, -0.2) is 40.2 Å². The van der Waals surface area contributed by atoms with Crippen LogP contribution in [0.15, 0.2) is 12.1 Å². The first kappa shape index (κ1) is 19.7. The van der Waals surface area contributed by atoms with Gasteiger partial charge in [-0.05, 0) is 25.0 Å². The van der Waals surface area contributed by atoms with Crippen molar-refractivity contribution in [1.82, 2.24) is 9.97 Å². The first-order chi connectivity index (χ1) is 13.2. The fraction of sp³-hybridized carbons (Fsp3) is 0.389. The van der Waals surface area contributed by atoms with Crippen molar-refractivity contribution in [2.45, 2.75) is 33.8 Å². The van der Waals surface area contributed by atoms with Crippen molar-refractivity contribution in [2.24, 2.45) is 5.92 Å². The van der Waals surface area contributed by atoms with Gasteiger partial charge in [0.2, 0.25) is 5.91 Å². The molecular formula is C18H21N5O4S. The second-order valence-electron chi connectivity index (χ2n) is 6.80. The SMILES string of the molecule is CC(=O)c1sc(NC(=O)CN2C(=O)C(C(C)C)Oc3ccc(N)nc32)nc1C. The van der Waals surface area contributed by atoms with Crippen LogP contribution in [0.2, 0.25) is 0 Å². The number of hydrogen-bond acceptors (Lipinski definition) is 8. The Morgan fingerprint density at radius 1 is 1.36 bits per heavy atom. The van der Waals surface area contributed by atoms with Crippen LogP contribution in [0.4, 0.5) is 16.8 Å². The van der Waals surface area contributed by atoms with Gasteiger partial charge in [-0.15, -0.1) is 0 Å². The van der Waals surface area contributed by atoms with E-state index in [1.807, 2.05) is 13.8 Å². The molecule has 0 aliphatic carbocycles. The summed E-state index contributed by atoms with van der Waals surface area (Å²) in [6, 6.07) is 3.21. The lowest BCUT2D eigenvalue weighted by molar-refractivity contribution is -0.129. The minimum Gasteiger partial charge on any atom is -0.476 e. The molecule has 9 nitrogen and oxygen atoms in total. The van der Waals surface area contributed by atoms with Crippen LogP contribution in [0.25, 0.3) is 0 Å². The zero-order valence-electron chi connectivity index (χ0n) is 16.0.